The minimum absolute atomic E-state index is 0.0621. The van der Waals surface area contributed by atoms with E-state index < -0.39 is 0 Å². The summed E-state index contributed by atoms with van der Waals surface area (Å²) < 4.78 is 5.54. The Balaban J connectivity index is 1.47. The van der Waals surface area contributed by atoms with Crippen LogP contribution in [0.25, 0.3) is 0 Å². The number of hydrogen-bond donors (Lipinski definition) is 1. The Hall–Kier alpha value is -2.37. The van der Waals surface area contributed by atoms with E-state index in [1.807, 2.05) is 35.2 Å². The van der Waals surface area contributed by atoms with Gasteiger partial charge >= 0.3 is 0 Å². The number of aliphatic hydroxyl groups is 1. The van der Waals surface area contributed by atoms with Crippen molar-refractivity contribution in [2.75, 3.05) is 25.2 Å². The minimum Gasteiger partial charge on any atom is -0.496 e. The van der Waals surface area contributed by atoms with Gasteiger partial charge < -0.3 is 14.7 Å². The van der Waals surface area contributed by atoms with Crippen LogP contribution >= 0.6 is 0 Å². The maximum atomic E-state index is 13.2. The first kappa shape index (κ1) is 18.6. The molecule has 1 amide bonds. The first-order valence-corrected chi connectivity index (χ1v) is 10.6. The number of amides is 1. The molecule has 1 aliphatic carbocycles. The van der Waals surface area contributed by atoms with Crippen molar-refractivity contribution in [2.45, 2.75) is 43.8 Å². The summed E-state index contributed by atoms with van der Waals surface area (Å²) in [6, 6.07) is 16.6. The number of carbonyl (C=O) groups excluding carboxylic acids is 1. The number of anilines is 1. The van der Waals surface area contributed by atoms with Gasteiger partial charge in [0.15, 0.2) is 0 Å². The molecule has 2 aromatic rings. The molecular formula is C24H28N2O3. The summed E-state index contributed by atoms with van der Waals surface area (Å²) in [4.78, 5) is 17.5. The molecule has 2 fully saturated rings. The Morgan fingerprint density at radius 3 is 2.62 bits per heavy atom. The highest BCUT2D eigenvalue weighted by Gasteiger charge is 2.53. The summed E-state index contributed by atoms with van der Waals surface area (Å²) in [5.74, 6) is 1.57. The van der Waals surface area contributed by atoms with Crippen molar-refractivity contribution in [2.24, 2.45) is 5.92 Å². The second-order valence-electron chi connectivity index (χ2n) is 8.46. The Kier molecular flexibility index (Phi) is 4.80. The molecule has 1 saturated heterocycles. The second kappa shape index (κ2) is 7.47. The molecule has 5 nitrogen and oxygen atoms in total. The van der Waals surface area contributed by atoms with E-state index in [2.05, 4.69) is 23.1 Å². The number of methoxy groups -OCH3 is 1. The van der Waals surface area contributed by atoms with Crippen LogP contribution in [0.2, 0.25) is 0 Å². The van der Waals surface area contributed by atoms with Crippen LogP contribution in [0.4, 0.5) is 5.69 Å². The van der Waals surface area contributed by atoms with Crippen molar-refractivity contribution in [1.82, 2.24) is 4.90 Å². The van der Waals surface area contributed by atoms with E-state index in [-0.39, 0.29) is 36.4 Å². The Labute approximate surface area is 171 Å². The molecule has 5 heteroatoms. The van der Waals surface area contributed by atoms with Crippen molar-refractivity contribution in [1.29, 1.82) is 0 Å². The van der Waals surface area contributed by atoms with E-state index in [1.165, 1.54) is 5.56 Å². The summed E-state index contributed by atoms with van der Waals surface area (Å²) >= 11 is 0. The fraction of sp³-hybridized carbons (Fsp3) is 0.458. The van der Waals surface area contributed by atoms with Gasteiger partial charge in [0.05, 0.1) is 13.7 Å². The van der Waals surface area contributed by atoms with Gasteiger partial charge in [0, 0.05) is 48.3 Å². The summed E-state index contributed by atoms with van der Waals surface area (Å²) in [7, 11) is 1.69. The molecule has 1 N–H and O–H groups in total. The second-order valence-corrected chi connectivity index (χ2v) is 8.46. The third kappa shape index (κ3) is 2.95. The summed E-state index contributed by atoms with van der Waals surface area (Å²) in [5.41, 5.74) is 3.36. The van der Waals surface area contributed by atoms with Gasteiger partial charge in [-0.3, -0.25) is 9.69 Å². The monoisotopic (exact) mass is 392 g/mol. The zero-order chi connectivity index (χ0) is 20.0. The molecule has 0 unspecified atom stereocenters. The Bertz CT molecular complexity index is 911. The van der Waals surface area contributed by atoms with Crippen molar-refractivity contribution in [3.63, 3.8) is 0 Å². The largest absolute Gasteiger partial charge is 0.496 e. The first-order chi connectivity index (χ1) is 14.2. The lowest BCUT2D eigenvalue weighted by atomic mass is 9.71. The van der Waals surface area contributed by atoms with Crippen molar-refractivity contribution < 1.29 is 14.6 Å². The van der Waals surface area contributed by atoms with Crippen LogP contribution in [-0.4, -0.2) is 48.3 Å². The Morgan fingerprint density at radius 2 is 1.90 bits per heavy atom. The fourth-order valence-corrected chi connectivity index (χ4v) is 5.31. The maximum Gasteiger partial charge on any atom is 0.230 e. The molecule has 0 aromatic heterocycles. The number of para-hydroxylation sites is 2. The third-order valence-electron chi connectivity index (χ3n) is 7.09. The van der Waals surface area contributed by atoms with Crippen LogP contribution in [0.15, 0.2) is 48.5 Å². The number of nitrogens with zero attached hydrogens (tertiary/aromatic N) is 2. The number of fused-ring (bicyclic) bond motifs is 3. The highest BCUT2D eigenvalue weighted by atomic mass is 16.5. The molecule has 2 heterocycles. The first-order valence-electron chi connectivity index (χ1n) is 10.6. The molecule has 0 radical (unpaired) electrons. The molecule has 0 spiro atoms. The van der Waals surface area contributed by atoms with E-state index in [0.29, 0.717) is 13.1 Å². The minimum atomic E-state index is 0.0621. The van der Waals surface area contributed by atoms with E-state index in [1.54, 1.807) is 7.11 Å². The SMILES string of the molecule is COc1ccccc1CN1[C@@H]2CN(C(=O)C3CCC3)c3ccccc3[C@@H]2[C@@H]1CO. The van der Waals surface area contributed by atoms with Crippen LogP contribution in [0.5, 0.6) is 5.75 Å². The van der Waals surface area contributed by atoms with Gasteiger partial charge in [0.25, 0.3) is 0 Å². The average molecular weight is 392 g/mol. The lowest BCUT2D eigenvalue weighted by molar-refractivity contribution is -0.126. The molecule has 3 aliphatic rings. The molecule has 2 aliphatic heterocycles. The lowest BCUT2D eigenvalue weighted by Crippen LogP contribution is -2.69. The third-order valence-corrected chi connectivity index (χ3v) is 7.09. The van der Waals surface area contributed by atoms with E-state index >= 15 is 0 Å². The molecule has 3 atom stereocenters. The van der Waals surface area contributed by atoms with Crippen molar-refractivity contribution in [3.05, 3.63) is 59.7 Å². The molecule has 2 aromatic carbocycles. The van der Waals surface area contributed by atoms with Gasteiger partial charge in [-0.1, -0.05) is 42.8 Å². The van der Waals surface area contributed by atoms with Gasteiger partial charge in [-0.05, 0) is 30.5 Å². The van der Waals surface area contributed by atoms with Gasteiger partial charge in [-0.15, -0.1) is 0 Å². The molecule has 1 saturated carbocycles. The molecule has 152 valence electrons. The van der Waals surface area contributed by atoms with Crippen LogP contribution < -0.4 is 9.64 Å². The lowest BCUT2D eigenvalue weighted by Gasteiger charge is -2.59. The number of likely N-dealkylation sites (tertiary alicyclic amines) is 1. The predicted molar refractivity (Wildman–Crippen MR) is 112 cm³/mol. The number of aliphatic hydroxyl groups excluding tert-OH is 1. The van der Waals surface area contributed by atoms with Crippen LogP contribution in [0.1, 0.15) is 36.3 Å². The number of benzene rings is 2. The zero-order valence-corrected chi connectivity index (χ0v) is 16.8. The van der Waals surface area contributed by atoms with E-state index in [4.69, 9.17) is 4.74 Å². The summed E-state index contributed by atoms with van der Waals surface area (Å²) in [6.45, 7) is 1.52. The highest BCUT2D eigenvalue weighted by molar-refractivity contribution is 5.97. The fourth-order valence-electron chi connectivity index (χ4n) is 5.31. The summed E-state index contributed by atoms with van der Waals surface area (Å²) in [6.07, 6.45) is 3.18. The normalized spacial score (nSPS) is 26.1. The van der Waals surface area contributed by atoms with Gasteiger partial charge in [-0.25, -0.2) is 0 Å². The average Bonchev–Trinajstić information content (AvgIpc) is 2.70. The quantitative estimate of drug-likeness (QED) is 0.849. The highest BCUT2D eigenvalue weighted by Crippen LogP contribution is 2.49. The molecule has 5 rings (SSSR count). The number of ether oxygens (including phenoxy) is 1. The molecule has 29 heavy (non-hydrogen) atoms. The standard InChI is InChI=1S/C24H28N2O3/c1-29-22-12-5-2-7-17(22)13-25-20-14-26(24(28)16-8-6-9-16)19-11-4-3-10-18(19)23(20)21(25)15-27/h2-5,7,10-12,16,20-21,23,27H,6,8-9,13-15H2,1H3/t20-,21+,23+/m1/s1. The van der Waals surface area contributed by atoms with Gasteiger partial charge in [0.2, 0.25) is 5.91 Å². The maximum absolute atomic E-state index is 13.2. The zero-order valence-electron chi connectivity index (χ0n) is 16.8. The van der Waals surface area contributed by atoms with E-state index in [9.17, 15) is 9.90 Å². The molecular weight excluding hydrogens is 364 g/mol. The van der Waals surface area contributed by atoms with Crippen LogP contribution in [0.3, 0.4) is 0 Å². The topological polar surface area (TPSA) is 53.0 Å². The molecule has 0 bridgehead atoms. The van der Waals surface area contributed by atoms with Gasteiger partial charge in [0.1, 0.15) is 5.75 Å². The summed E-state index contributed by atoms with van der Waals surface area (Å²) in [5, 5.41) is 10.2. The van der Waals surface area contributed by atoms with Crippen molar-refractivity contribution in [3.8, 4) is 5.75 Å². The number of rotatable bonds is 5. The van der Waals surface area contributed by atoms with Crippen LogP contribution in [-0.2, 0) is 11.3 Å². The number of hydrogen-bond acceptors (Lipinski definition) is 4. The Morgan fingerprint density at radius 1 is 1.14 bits per heavy atom. The van der Waals surface area contributed by atoms with Gasteiger partial charge in [-0.2, -0.15) is 0 Å². The van der Waals surface area contributed by atoms with E-state index in [0.717, 1.165) is 36.3 Å². The van der Waals surface area contributed by atoms with Crippen LogP contribution in [0, 0.1) is 5.92 Å². The number of carbonyl (C=O) groups is 1. The predicted octanol–water partition coefficient (Wildman–Crippen LogP) is 3.17. The smallest absolute Gasteiger partial charge is 0.230 e. The van der Waals surface area contributed by atoms with Crippen molar-refractivity contribution >= 4 is 11.6 Å².